The highest BCUT2D eigenvalue weighted by Crippen LogP contribution is 2.25. The van der Waals surface area contributed by atoms with Gasteiger partial charge in [0.25, 0.3) is 5.91 Å². The number of amides is 1. The topological polar surface area (TPSA) is 61.1 Å². The first-order valence-electron chi connectivity index (χ1n) is 9.77. The molecule has 0 saturated carbocycles. The summed E-state index contributed by atoms with van der Waals surface area (Å²) in [4.78, 5) is 14.7. The lowest BCUT2D eigenvalue weighted by Crippen LogP contribution is -2.14. The van der Waals surface area contributed by atoms with E-state index in [0.717, 1.165) is 33.9 Å². The SMILES string of the molecule is Cc1ccccc1NC(=O)/C(C#N)=C/c1cc(C)n(-c2ccc(N(C)C)cc2)c1C. The Morgan fingerprint density at radius 3 is 2.33 bits per heavy atom. The standard InChI is InChI=1S/C25H26N4O/c1-17-8-6-7-9-24(17)27-25(30)21(16-26)15-20-14-18(2)29(19(20)3)23-12-10-22(11-13-23)28(4)5/h6-15H,1-5H3,(H,27,30)/b21-15+. The Kier molecular flexibility index (Phi) is 6.08. The zero-order valence-corrected chi connectivity index (χ0v) is 18.0. The largest absolute Gasteiger partial charge is 0.378 e. The van der Waals surface area contributed by atoms with Crippen molar-refractivity contribution in [3.8, 4) is 11.8 Å². The number of nitrogens with zero attached hydrogens (tertiary/aromatic N) is 3. The number of carbonyl (C=O) groups is 1. The molecule has 0 aliphatic heterocycles. The van der Waals surface area contributed by atoms with Gasteiger partial charge in [-0.15, -0.1) is 0 Å². The number of rotatable bonds is 5. The quantitative estimate of drug-likeness (QED) is 0.485. The molecule has 5 nitrogen and oxygen atoms in total. The van der Waals surface area contributed by atoms with Gasteiger partial charge in [-0.1, -0.05) is 18.2 Å². The molecule has 1 N–H and O–H groups in total. The van der Waals surface area contributed by atoms with Gasteiger partial charge < -0.3 is 14.8 Å². The monoisotopic (exact) mass is 398 g/mol. The molecule has 1 aromatic heterocycles. The van der Waals surface area contributed by atoms with Gasteiger partial charge in [0.05, 0.1) is 0 Å². The van der Waals surface area contributed by atoms with Crippen LogP contribution in [0.4, 0.5) is 11.4 Å². The Bertz CT molecular complexity index is 1140. The maximum absolute atomic E-state index is 12.7. The molecule has 0 radical (unpaired) electrons. The summed E-state index contributed by atoms with van der Waals surface area (Å²) in [6, 6.07) is 19.8. The molecule has 0 unspecified atom stereocenters. The highest BCUT2D eigenvalue weighted by Gasteiger charge is 2.14. The van der Waals surface area contributed by atoms with Crippen LogP contribution in [0.2, 0.25) is 0 Å². The lowest BCUT2D eigenvalue weighted by molar-refractivity contribution is -0.112. The molecule has 0 atom stereocenters. The van der Waals surface area contributed by atoms with Gasteiger partial charge in [-0.25, -0.2) is 0 Å². The molecule has 0 spiro atoms. The molecule has 1 amide bonds. The first kappa shape index (κ1) is 20.9. The number of hydrogen-bond acceptors (Lipinski definition) is 3. The number of anilines is 2. The highest BCUT2D eigenvalue weighted by atomic mass is 16.1. The number of benzene rings is 2. The second-order valence-electron chi connectivity index (χ2n) is 7.51. The Labute approximate surface area is 177 Å². The number of carbonyl (C=O) groups excluding carboxylic acids is 1. The van der Waals surface area contributed by atoms with Gasteiger partial charge in [-0.05, 0) is 74.4 Å². The van der Waals surface area contributed by atoms with Crippen molar-refractivity contribution in [2.45, 2.75) is 20.8 Å². The summed E-state index contributed by atoms with van der Waals surface area (Å²) < 4.78 is 2.12. The van der Waals surface area contributed by atoms with Crippen molar-refractivity contribution < 1.29 is 4.79 Å². The number of aromatic nitrogens is 1. The van der Waals surface area contributed by atoms with Crippen molar-refractivity contribution in [3.63, 3.8) is 0 Å². The fraction of sp³-hybridized carbons (Fsp3) is 0.200. The van der Waals surface area contributed by atoms with E-state index < -0.39 is 5.91 Å². The molecule has 152 valence electrons. The Hall–Kier alpha value is -3.78. The van der Waals surface area contributed by atoms with Gasteiger partial charge in [0.1, 0.15) is 11.6 Å². The summed E-state index contributed by atoms with van der Waals surface area (Å²) >= 11 is 0. The van der Waals surface area contributed by atoms with Crippen LogP contribution in [0.1, 0.15) is 22.5 Å². The molecule has 30 heavy (non-hydrogen) atoms. The van der Waals surface area contributed by atoms with Crippen LogP contribution in [0.25, 0.3) is 11.8 Å². The molecule has 0 saturated heterocycles. The van der Waals surface area contributed by atoms with Crippen molar-refractivity contribution in [1.29, 1.82) is 5.26 Å². The minimum Gasteiger partial charge on any atom is -0.378 e. The van der Waals surface area contributed by atoms with E-state index in [2.05, 4.69) is 39.0 Å². The molecule has 2 aromatic carbocycles. The first-order chi connectivity index (χ1) is 14.3. The molecule has 3 rings (SSSR count). The second kappa shape index (κ2) is 8.71. The molecule has 0 fully saturated rings. The summed E-state index contributed by atoms with van der Waals surface area (Å²) in [5, 5.41) is 12.4. The van der Waals surface area contributed by atoms with Gasteiger partial charge in [0, 0.05) is 42.5 Å². The van der Waals surface area contributed by atoms with E-state index in [1.165, 1.54) is 0 Å². The van der Waals surface area contributed by atoms with E-state index in [4.69, 9.17) is 0 Å². The lowest BCUT2D eigenvalue weighted by Gasteiger charge is -2.15. The minimum absolute atomic E-state index is 0.0708. The van der Waals surface area contributed by atoms with Crippen LogP contribution in [-0.2, 0) is 4.79 Å². The van der Waals surface area contributed by atoms with Crippen LogP contribution in [0.3, 0.4) is 0 Å². The van der Waals surface area contributed by atoms with Crippen molar-refractivity contribution in [3.05, 3.63) is 82.7 Å². The number of aryl methyl sites for hydroxylation is 2. The van der Waals surface area contributed by atoms with Crippen LogP contribution in [0.15, 0.2) is 60.2 Å². The third-order valence-electron chi connectivity index (χ3n) is 5.15. The van der Waals surface area contributed by atoms with E-state index in [1.54, 1.807) is 6.08 Å². The summed E-state index contributed by atoms with van der Waals surface area (Å²) in [7, 11) is 4.02. The second-order valence-corrected chi connectivity index (χ2v) is 7.51. The number of hydrogen-bond donors (Lipinski definition) is 1. The fourth-order valence-electron chi connectivity index (χ4n) is 3.44. The van der Waals surface area contributed by atoms with E-state index in [1.807, 2.05) is 71.3 Å². The molecule has 0 aliphatic rings. The van der Waals surface area contributed by atoms with Gasteiger partial charge >= 0.3 is 0 Å². The molecule has 3 aromatic rings. The maximum atomic E-state index is 12.7. The summed E-state index contributed by atoms with van der Waals surface area (Å²) in [5.41, 5.74) is 6.74. The van der Waals surface area contributed by atoms with Crippen molar-refractivity contribution in [1.82, 2.24) is 4.57 Å². The predicted octanol–water partition coefficient (Wildman–Crippen LogP) is 5.01. The van der Waals surface area contributed by atoms with Gasteiger partial charge in [-0.2, -0.15) is 5.26 Å². The average Bonchev–Trinajstić information content (AvgIpc) is 3.00. The Balaban J connectivity index is 1.92. The third-order valence-corrected chi connectivity index (χ3v) is 5.15. The summed E-state index contributed by atoms with van der Waals surface area (Å²) in [5.74, 6) is -0.410. The van der Waals surface area contributed by atoms with Crippen molar-refractivity contribution >= 4 is 23.4 Å². The number of nitriles is 1. The first-order valence-corrected chi connectivity index (χ1v) is 9.77. The zero-order valence-electron chi connectivity index (χ0n) is 18.0. The lowest BCUT2D eigenvalue weighted by atomic mass is 10.1. The molecule has 1 heterocycles. The van der Waals surface area contributed by atoms with E-state index in [-0.39, 0.29) is 5.57 Å². The Morgan fingerprint density at radius 2 is 1.73 bits per heavy atom. The normalized spacial score (nSPS) is 11.1. The van der Waals surface area contributed by atoms with Gasteiger partial charge in [0.15, 0.2) is 0 Å². The average molecular weight is 399 g/mol. The smallest absolute Gasteiger partial charge is 0.266 e. The van der Waals surface area contributed by atoms with E-state index in [0.29, 0.717) is 5.69 Å². The molecular formula is C25H26N4O. The van der Waals surface area contributed by atoms with Gasteiger partial charge in [-0.3, -0.25) is 4.79 Å². The number of para-hydroxylation sites is 1. The van der Waals surface area contributed by atoms with E-state index >= 15 is 0 Å². The summed E-state index contributed by atoms with van der Waals surface area (Å²) in [6.45, 7) is 5.93. The van der Waals surface area contributed by atoms with Crippen LogP contribution >= 0.6 is 0 Å². The van der Waals surface area contributed by atoms with Crippen molar-refractivity contribution in [2.75, 3.05) is 24.3 Å². The zero-order chi connectivity index (χ0) is 21.8. The number of nitrogens with one attached hydrogen (secondary N) is 1. The van der Waals surface area contributed by atoms with Crippen LogP contribution in [0.5, 0.6) is 0 Å². The summed E-state index contributed by atoms with van der Waals surface area (Å²) in [6.07, 6.45) is 1.65. The Morgan fingerprint density at radius 1 is 1.07 bits per heavy atom. The predicted molar refractivity (Wildman–Crippen MR) is 123 cm³/mol. The fourth-order valence-corrected chi connectivity index (χ4v) is 3.44. The third kappa shape index (κ3) is 4.28. The van der Waals surface area contributed by atoms with E-state index in [9.17, 15) is 10.1 Å². The molecule has 5 heteroatoms. The van der Waals surface area contributed by atoms with Crippen LogP contribution < -0.4 is 10.2 Å². The van der Waals surface area contributed by atoms with Gasteiger partial charge in [0.2, 0.25) is 0 Å². The highest BCUT2D eigenvalue weighted by molar-refractivity contribution is 6.10. The van der Waals surface area contributed by atoms with Crippen LogP contribution in [0, 0.1) is 32.1 Å². The molecule has 0 aliphatic carbocycles. The molecule has 0 bridgehead atoms. The molecular weight excluding hydrogens is 372 g/mol. The maximum Gasteiger partial charge on any atom is 0.266 e. The minimum atomic E-state index is -0.410. The van der Waals surface area contributed by atoms with Crippen molar-refractivity contribution in [2.24, 2.45) is 0 Å². The van der Waals surface area contributed by atoms with Crippen LogP contribution in [-0.4, -0.2) is 24.6 Å².